The zero-order chi connectivity index (χ0) is 15.0. The number of imidazole rings is 1. The molecule has 0 radical (unpaired) electrons. The van der Waals surface area contributed by atoms with Gasteiger partial charge in [-0.05, 0) is 18.9 Å². The number of halogens is 2. The van der Waals surface area contributed by atoms with E-state index in [1.165, 1.54) is 6.07 Å². The van der Waals surface area contributed by atoms with Crippen molar-refractivity contribution < 1.29 is 8.78 Å². The molecule has 5 heteroatoms. The first-order valence-corrected chi connectivity index (χ1v) is 6.72. The Bertz CT molecular complexity index is 781. The van der Waals surface area contributed by atoms with Crippen LogP contribution in [0.4, 0.5) is 14.7 Å². The molecule has 0 aliphatic carbocycles. The summed E-state index contributed by atoms with van der Waals surface area (Å²) in [5.41, 5.74) is 7.51. The number of fused-ring (bicyclic) bond motifs is 1. The minimum Gasteiger partial charge on any atom is -0.369 e. The molecular formula is C16H15F2N3. The van der Waals surface area contributed by atoms with Crippen molar-refractivity contribution in [3.05, 3.63) is 59.7 Å². The smallest absolute Gasteiger partial charge is 0.201 e. The molecule has 0 spiro atoms. The molecule has 1 atom stereocenters. The predicted molar refractivity (Wildman–Crippen MR) is 78.9 cm³/mol. The lowest BCUT2D eigenvalue weighted by molar-refractivity contribution is 0.562. The van der Waals surface area contributed by atoms with Gasteiger partial charge in [-0.3, -0.25) is 0 Å². The third-order valence-electron chi connectivity index (χ3n) is 3.56. The first-order chi connectivity index (χ1) is 10.1. The van der Waals surface area contributed by atoms with Crippen LogP contribution in [-0.4, -0.2) is 9.55 Å². The maximum atomic E-state index is 13.8. The van der Waals surface area contributed by atoms with Crippen LogP contribution in [0.3, 0.4) is 0 Å². The molecule has 2 aromatic carbocycles. The average molecular weight is 287 g/mol. The second-order valence-electron chi connectivity index (χ2n) is 5.13. The van der Waals surface area contributed by atoms with Crippen LogP contribution in [0.2, 0.25) is 0 Å². The molecule has 0 bridgehead atoms. The predicted octanol–water partition coefficient (Wildman–Crippen LogP) is 3.70. The normalized spacial score (nSPS) is 12.7. The highest BCUT2D eigenvalue weighted by Crippen LogP contribution is 2.27. The number of nitrogens with two attached hydrogens (primary N) is 1. The van der Waals surface area contributed by atoms with E-state index in [4.69, 9.17) is 5.73 Å². The van der Waals surface area contributed by atoms with Crippen LogP contribution in [0.25, 0.3) is 11.0 Å². The first kappa shape index (κ1) is 13.5. The molecule has 2 N–H and O–H groups in total. The lowest BCUT2D eigenvalue weighted by atomic mass is 10.1. The molecule has 0 fully saturated rings. The van der Waals surface area contributed by atoms with E-state index < -0.39 is 11.6 Å². The van der Waals surface area contributed by atoms with Gasteiger partial charge < -0.3 is 10.3 Å². The van der Waals surface area contributed by atoms with E-state index in [9.17, 15) is 8.78 Å². The minimum absolute atomic E-state index is 0.0569. The van der Waals surface area contributed by atoms with Crippen molar-refractivity contribution in [1.82, 2.24) is 9.55 Å². The maximum absolute atomic E-state index is 13.8. The number of hydrogen-bond acceptors (Lipinski definition) is 2. The first-order valence-electron chi connectivity index (χ1n) is 6.72. The van der Waals surface area contributed by atoms with Crippen LogP contribution >= 0.6 is 0 Å². The SMILES string of the molecule is CC(Cc1ccccc1)n1c(N)nc2c(F)cc(F)cc21. The van der Waals surface area contributed by atoms with Gasteiger partial charge in [0.05, 0.1) is 5.52 Å². The van der Waals surface area contributed by atoms with Crippen molar-refractivity contribution in [1.29, 1.82) is 0 Å². The van der Waals surface area contributed by atoms with E-state index in [1.807, 2.05) is 37.3 Å². The maximum Gasteiger partial charge on any atom is 0.201 e. The van der Waals surface area contributed by atoms with Gasteiger partial charge in [0.15, 0.2) is 5.82 Å². The van der Waals surface area contributed by atoms with Crippen molar-refractivity contribution in [2.75, 3.05) is 5.73 Å². The summed E-state index contributed by atoms with van der Waals surface area (Å²) in [6, 6.07) is 11.9. The summed E-state index contributed by atoms with van der Waals surface area (Å²) in [5.74, 6) is -1.13. The highest BCUT2D eigenvalue weighted by molar-refractivity contribution is 5.79. The van der Waals surface area contributed by atoms with Crippen LogP contribution < -0.4 is 5.73 Å². The monoisotopic (exact) mass is 287 g/mol. The van der Waals surface area contributed by atoms with E-state index in [2.05, 4.69) is 4.98 Å². The summed E-state index contributed by atoms with van der Waals surface area (Å²) in [6.07, 6.45) is 0.703. The van der Waals surface area contributed by atoms with Crippen LogP contribution in [0.1, 0.15) is 18.5 Å². The van der Waals surface area contributed by atoms with E-state index >= 15 is 0 Å². The summed E-state index contributed by atoms with van der Waals surface area (Å²) in [5, 5.41) is 0. The summed E-state index contributed by atoms with van der Waals surface area (Å²) in [4.78, 5) is 4.02. The van der Waals surface area contributed by atoms with Gasteiger partial charge >= 0.3 is 0 Å². The molecule has 0 aliphatic heterocycles. The van der Waals surface area contributed by atoms with E-state index in [0.29, 0.717) is 11.9 Å². The second kappa shape index (κ2) is 5.16. The fourth-order valence-corrected chi connectivity index (χ4v) is 2.65. The van der Waals surface area contributed by atoms with Gasteiger partial charge in [0.25, 0.3) is 0 Å². The van der Waals surface area contributed by atoms with Crippen LogP contribution in [0.5, 0.6) is 0 Å². The number of anilines is 1. The highest BCUT2D eigenvalue weighted by atomic mass is 19.1. The third kappa shape index (κ3) is 2.46. The Kier molecular flexibility index (Phi) is 3.33. The molecule has 0 aliphatic rings. The minimum atomic E-state index is -0.692. The van der Waals surface area contributed by atoms with Crippen molar-refractivity contribution in [3.8, 4) is 0 Å². The lowest BCUT2D eigenvalue weighted by Gasteiger charge is -2.16. The number of aromatic nitrogens is 2. The fourth-order valence-electron chi connectivity index (χ4n) is 2.65. The number of rotatable bonds is 3. The quantitative estimate of drug-likeness (QED) is 0.798. The summed E-state index contributed by atoms with van der Waals surface area (Å²) in [7, 11) is 0. The van der Waals surface area contributed by atoms with Crippen molar-refractivity contribution in [3.63, 3.8) is 0 Å². The van der Waals surface area contributed by atoms with E-state index in [0.717, 1.165) is 11.6 Å². The highest BCUT2D eigenvalue weighted by Gasteiger charge is 2.18. The molecule has 21 heavy (non-hydrogen) atoms. The Morgan fingerprint density at radius 1 is 1.19 bits per heavy atom. The summed E-state index contributed by atoms with van der Waals surface area (Å²) >= 11 is 0. The van der Waals surface area contributed by atoms with Crippen LogP contribution in [0, 0.1) is 11.6 Å². The Morgan fingerprint density at radius 2 is 1.90 bits per heavy atom. The van der Waals surface area contributed by atoms with Gasteiger partial charge in [-0.1, -0.05) is 30.3 Å². The topological polar surface area (TPSA) is 43.8 Å². The largest absolute Gasteiger partial charge is 0.369 e. The Balaban J connectivity index is 2.05. The number of nitrogen functional groups attached to an aromatic ring is 1. The Hall–Kier alpha value is -2.43. The molecule has 1 unspecified atom stereocenters. The second-order valence-corrected chi connectivity index (χ2v) is 5.13. The molecule has 0 saturated carbocycles. The fraction of sp³-hybridized carbons (Fsp3) is 0.188. The van der Waals surface area contributed by atoms with Crippen molar-refractivity contribution in [2.24, 2.45) is 0 Å². The van der Waals surface area contributed by atoms with Crippen LogP contribution in [-0.2, 0) is 6.42 Å². The molecular weight excluding hydrogens is 272 g/mol. The van der Waals surface area contributed by atoms with Gasteiger partial charge in [-0.15, -0.1) is 0 Å². The molecule has 1 aromatic heterocycles. The van der Waals surface area contributed by atoms with E-state index in [1.54, 1.807) is 4.57 Å². The lowest BCUT2D eigenvalue weighted by Crippen LogP contribution is -2.11. The van der Waals surface area contributed by atoms with Crippen molar-refractivity contribution in [2.45, 2.75) is 19.4 Å². The molecule has 0 amide bonds. The third-order valence-corrected chi connectivity index (χ3v) is 3.56. The van der Waals surface area contributed by atoms with Gasteiger partial charge in [0.1, 0.15) is 11.3 Å². The molecule has 1 heterocycles. The number of nitrogens with zero attached hydrogens (tertiary/aromatic N) is 2. The Morgan fingerprint density at radius 3 is 2.62 bits per heavy atom. The zero-order valence-electron chi connectivity index (χ0n) is 11.6. The number of benzene rings is 2. The van der Waals surface area contributed by atoms with Gasteiger partial charge in [0.2, 0.25) is 5.95 Å². The molecule has 3 nitrogen and oxygen atoms in total. The Labute approximate surface area is 121 Å². The molecule has 3 aromatic rings. The van der Waals surface area contributed by atoms with Gasteiger partial charge in [-0.2, -0.15) is 0 Å². The standard InChI is InChI=1S/C16H15F2N3/c1-10(7-11-5-3-2-4-6-11)21-14-9-12(17)8-13(18)15(14)20-16(21)19/h2-6,8-10H,7H2,1H3,(H2,19,20). The molecule has 0 saturated heterocycles. The molecule has 3 rings (SSSR count). The summed E-state index contributed by atoms with van der Waals surface area (Å²) in [6.45, 7) is 1.95. The van der Waals surface area contributed by atoms with Gasteiger partial charge in [-0.25, -0.2) is 13.8 Å². The molecule has 108 valence electrons. The van der Waals surface area contributed by atoms with Crippen LogP contribution in [0.15, 0.2) is 42.5 Å². The summed E-state index contributed by atoms with van der Waals surface area (Å²) < 4.78 is 28.9. The number of hydrogen-bond donors (Lipinski definition) is 1. The zero-order valence-corrected chi connectivity index (χ0v) is 11.6. The van der Waals surface area contributed by atoms with Gasteiger partial charge in [0, 0.05) is 18.2 Å². The van der Waals surface area contributed by atoms with Crippen molar-refractivity contribution >= 4 is 17.0 Å². The average Bonchev–Trinajstić information content (AvgIpc) is 2.76. The van der Waals surface area contributed by atoms with E-state index in [-0.39, 0.29) is 17.5 Å².